The minimum atomic E-state index is -0.301. The van der Waals surface area contributed by atoms with Crippen LogP contribution in [0, 0.1) is 0 Å². The van der Waals surface area contributed by atoms with Crippen molar-refractivity contribution in [3.8, 4) is 0 Å². The summed E-state index contributed by atoms with van der Waals surface area (Å²) in [5.41, 5.74) is -0.207. The average Bonchev–Trinajstić information content (AvgIpc) is 2.49. The molecule has 0 spiro atoms. The topological polar surface area (TPSA) is 61.4 Å². The van der Waals surface area contributed by atoms with E-state index in [0.717, 1.165) is 19.3 Å². The van der Waals surface area contributed by atoms with E-state index in [4.69, 9.17) is 0 Å². The van der Waals surface area contributed by atoms with Gasteiger partial charge in [0, 0.05) is 11.6 Å². The molecule has 1 amide bonds. The van der Waals surface area contributed by atoms with Gasteiger partial charge in [0.15, 0.2) is 0 Å². The van der Waals surface area contributed by atoms with Crippen LogP contribution >= 0.6 is 0 Å². The Morgan fingerprint density at radius 2 is 2.00 bits per heavy atom. The fourth-order valence-corrected chi connectivity index (χ4v) is 2.01. The summed E-state index contributed by atoms with van der Waals surface area (Å²) in [5, 5.41) is 15.8. The molecule has 0 aromatic carbocycles. The summed E-state index contributed by atoms with van der Waals surface area (Å²) >= 11 is 0. The van der Waals surface area contributed by atoms with Gasteiger partial charge in [0.2, 0.25) is 5.91 Å². The molecule has 3 N–H and O–H groups in total. The van der Waals surface area contributed by atoms with E-state index in [2.05, 4.69) is 10.6 Å². The molecule has 1 saturated carbocycles. The summed E-state index contributed by atoms with van der Waals surface area (Å²) in [6.45, 7) is 7.72. The fourth-order valence-electron chi connectivity index (χ4n) is 2.01. The highest BCUT2D eigenvalue weighted by atomic mass is 16.3. The van der Waals surface area contributed by atoms with Gasteiger partial charge in [-0.05, 0) is 47.0 Å². The van der Waals surface area contributed by atoms with Crippen molar-refractivity contribution in [2.45, 2.75) is 70.7 Å². The van der Waals surface area contributed by atoms with Gasteiger partial charge < -0.3 is 15.7 Å². The first-order valence-electron chi connectivity index (χ1n) is 6.06. The van der Waals surface area contributed by atoms with Gasteiger partial charge in [-0.2, -0.15) is 0 Å². The first-order valence-corrected chi connectivity index (χ1v) is 6.06. The molecule has 0 saturated heterocycles. The van der Waals surface area contributed by atoms with Crippen molar-refractivity contribution in [3.05, 3.63) is 0 Å². The lowest BCUT2D eigenvalue weighted by atomic mass is 10.1. The smallest absolute Gasteiger partial charge is 0.237 e. The number of carbonyl (C=O) groups is 1. The van der Waals surface area contributed by atoms with Crippen molar-refractivity contribution in [2.24, 2.45) is 0 Å². The molecule has 4 nitrogen and oxygen atoms in total. The maximum atomic E-state index is 11.8. The number of aliphatic hydroxyl groups excluding tert-OH is 1. The molecule has 3 atom stereocenters. The van der Waals surface area contributed by atoms with E-state index in [9.17, 15) is 9.90 Å². The van der Waals surface area contributed by atoms with E-state index in [-0.39, 0.29) is 29.6 Å². The number of aliphatic hydroxyl groups is 1. The van der Waals surface area contributed by atoms with Crippen LogP contribution in [0.1, 0.15) is 47.0 Å². The predicted molar refractivity (Wildman–Crippen MR) is 64.1 cm³/mol. The molecule has 1 aliphatic rings. The maximum Gasteiger partial charge on any atom is 0.237 e. The van der Waals surface area contributed by atoms with Crippen LogP contribution in [0.3, 0.4) is 0 Å². The van der Waals surface area contributed by atoms with Crippen LogP contribution in [0.5, 0.6) is 0 Å². The second-order valence-electron chi connectivity index (χ2n) is 5.73. The monoisotopic (exact) mass is 228 g/mol. The first-order chi connectivity index (χ1) is 7.29. The molecule has 0 aliphatic heterocycles. The standard InChI is InChI=1S/C12H24N2O2/c1-8(11(16)14-12(2,3)4)13-9-6-5-7-10(9)15/h8-10,13,15H,5-7H2,1-4H3,(H,14,16). The molecule has 1 aliphatic carbocycles. The van der Waals surface area contributed by atoms with E-state index in [0.29, 0.717) is 0 Å². The molecule has 0 bridgehead atoms. The third-order valence-electron chi connectivity index (χ3n) is 2.84. The largest absolute Gasteiger partial charge is 0.392 e. The van der Waals surface area contributed by atoms with Gasteiger partial charge in [-0.25, -0.2) is 0 Å². The SMILES string of the molecule is CC(NC1CCCC1O)C(=O)NC(C)(C)C. The molecule has 94 valence electrons. The number of rotatable bonds is 3. The molecule has 4 heteroatoms. The third kappa shape index (κ3) is 4.10. The third-order valence-corrected chi connectivity index (χ3v) is 2.84. The summed E-state index contributed by atoms with van der Waals surface area (Å²) in [6, 6.07) is -0.183. The Balaban J connectivity index is 2.39. The Labute approximate surface area is 97.8 Å². The summed E-state index contributed by atoms with van der Waals surface area (Å²) in [5.74, 6) is -0.00778. The van der Waals surface area contributed by atoms with Crippen molar-refractivity contribution >= 4 is 5.91 Å². The molecule has 16 heavy (non-hydrogen) atoms. The van der Waals surface area contributed by atoms with Crippen molar-refractivity contribution in [3.63, 3.8) is 0 Å². The van der Waals surface area contributed by atoms with Gasteiger partial charge in [0.1, 0.15) is 0 Å². The summed E-state index contributed by atoms with van der Waals surface area (Å²) in [6.07, 6.45) is 2.52. The molecule has 1 fully saturated rings. The Hall–Kier alpha value is -0.610. The summed E-state index contributed by atoms with van der Waals surface area (Å²) in [4.78, 5) is 11.8. The molecule has 0 aromatic heterocycles. The predicted octanol–water partition coefficient (Wildman–Crippen LogP) is 0.793. The van der Waals surface area contributed by atoms with Crippen LogP contribution < -0.4 is 10.6 Å². The lowest BCUT2D eigenvalue weighted by Crippen LogP contribution is -2.53. The zero-order valence-electron chi connectivity index (χ0n) is 10.7. The maximum absolute atomic E-state index is 11.8. The fraction of sp³-hybridized carbons (Fsp3) is 0.917. The normalized spacial score (nSPS) is 27.8. The van der Waals surface area contributed by atoms with Gasteiger partial charge in [-0.1, -0.05) is 0 Å². The summed E-state index contributed by atoms with van der Waals surface area (Å²) < 4.78 is 0. The second kappa shape index (κ2) is 5.15. The molecular weight excluding hydrogens is 204 g/mol. The van der Waals surface area contributed by atoms with Crippen molar-refractivity contribution in [2.75, 3.05) is 0 Å². The van der Waals surface area contributed by atoms with Gasteiger partial charge in [0.25, 0.3) is 0 Å². The Kier molecular flexibility index (Phi) is 4.33. The van der Waals surface area contributed by atoms with Crippen LogP contribution in [-0.2, 0) is 4.79 Å². The van der Waals surface area contributed by atoms with Crippen molar-refractivity contribution < 1.29 is 9.90 Å². The Morgan fingerprint density at radius 3 is 2.44 bits per heavy atom. The number of hydrogen-bond acceptors (Lipinski definition) is 3. The van der Waals surface area contributed by atoms with Crippen molar-refractivity contribution in [1.29, 1.82) is 0 Å². The molecule has 0 radical (unpaired) electrons. The number of hydrogen-bond donors (Lipinski definition) is 3. The van der Waals surface area contributed by atoms with E-state index in [1.807, 2.05) is 27.7 Å². The van der Waals surface area contributed by atoms with E-state index in [1.54, 1.807) is 0 Å². The highest BCUT2D eigenvalue weighted by Gasteiger charge is 2.28. The van der Waals surface area contributed by atoms with Crippen LogP contribution in [0.15, 0.2) is 0 Å². The van der Waals surface area contributed by atoms with Gasteiger partial charge >= 0.3 is 0 Å². The molecule has 1 rings (SSSR count). The Morgan fingerprint density at radius 1 is 1.38 bits per heavy atom. The number of nitrogens with one attached hydrogen (secondary N) is 2. The van der Waals surface area contributed by atoms with Crippen LogP contribution in [-0.4, -0.2) is 34.7 Å². The molecule has 3 unspecified atom stereocenters. The molecule has 0 heterocycles. The highest BCUT2D eigenvalue weighted by Crippen LogP contribution is 2.19. The van der Waals surface area contributed by atoms with Crippen LogP contribution in [0.2, 0.25) is 0 Å². The zero-order valence-corrected chi connectivity index (χ0v) is 10.7. The quantitative estimate of drug-likeness (QED) is 0.669. The van der Waals surface area contributed by atoms with E-state index < -0.39 is 0 Å². The van der Waals surface area contributed by atoms with Gasteiger partial charge in [-0.15, -0.1) is 0 Å². The molecular formula is C12H24N2O2. The van der Waals surface area contributed by atoms with E-state index in [1.165, 1.54) is 0 Å². The first kappa shape index (κ1) is 13.5. The second-order valence-corrected chi connectivity index (χ2v) is 5.73. The van der Waals surface area contributed by atoms with Gasteiger partial charge in [0.05, 0.1) is 12.1 Å². The lowest BCUT2D eigenvalue weighted by Gasteiger charge is -2.26. The number of amides is 1. The zero-order chi connectivity index (χ0) is 12.3. The Bertz CT molecular complexity index is 248. The lowest BCUT2D eigenvalue weighted by molar-refractivity contribution is -0.124. The summed E-state index contributed by atoms with van der Waals surface area (Å²) in [7, 11) is 0. The van der Waals surface area contributed by atoms with E-state index >= 15 is 0 Å². The number of carbonyl (C=O) groups excluding carboxylic acids is 1. The minimum absolute atomic E-state index is 0.00778. The average molecular weight is 228 g/mol. The van der Waals surface area contributed by atoms with Crippen LogP contribution in [0.25, 0.3) is 0 Å². The molecule has 0 aromatic rings. The van der Waals surface area contributed by atoms with Crippen molar-refractivity contribution in [1.82, 2.24) is 10.6 Å². The van der Waals surface area contributed by atoms with Crippen LogP contribution in [0.4, 0.5) is 0 Å². The highest BCUT2D eigenvalue weighted by molar-refractivity contribution is 5.81. The van der Waals surface area contributed by atoms with Gasteiger partial charge in [-0.3, -0.25) is 4.79 Å². The minimum Gasteiger partial charge on any atom is -0.392 e.